The lowest BCUT2D eigenvalue weighted by molar-refractivity contribution is 0.165. The Kier molecular flexibility index (Phi) is 8.36. The van der Waals surface area contributed by atoms with Crippen LogP contribution in [0.1, 0.15) is 77.6 Å². The molecule has 0 amide bonds. The summed E-state index contributed by atoms with van der Waals surface area (Å²) in [6, 6.07) is 0. The summed E-state index contributed by atoms with van der Waals surface area (Å²) in [5.74, 6) is 1.29. The van der Waals surface area contributed by atoms with Crippen LogP contribution < -0.4 is 0 Å². The van der Waals surface area contributed by atoms with Crippen LogP contribution >= 0.6 is 0 Å². The smallest absolute Gasteiger partial charge is 0.118 e. The largest absolute Gasteiger partial charge is 0.272 e. The molecule has 22 heavy (non-hydrogen) atoms. The van der Waals surface area contributed by atoms with E-state index < -0.39 is 0 Å². The highest BCUT2D eigenvalue weighted by Crippen LogP contribution is 2.15. The molecule has 0 aromatic heterocycles. The minimum absolute atomic E-state index is 0.933. The number of unbranched alkanes of at least 4 members (excludes halogenated alkanes) is 9. The highest BCUT2D eigenvalue weighted by molar-refractivity contribution is 5.84. The fraction of sp³-hybridized carbons (Fsp3) is 0.889. The summed E-state index contributed by atoms with van der Waals surface area (Å²) in [6.07, 6.45) is 17.1. The van der Waals surface area contributed by atoms with Crippen LogP contribution in [0, 0.1) is 0 Å². The van der Waals surface area contributed by atoms with Crippen molar-refractivity contribution in [3.05, 3.63) is 0 Å². The average molecular weight is 306 g/mol. The quantitative estimate of drug-likeness (QED) is 0.504. The maximum absolute atomic E-state index is 4.68. The van der Waals surface area contributed by atoms with Crippen molar-refractivity contribution < 1.29 is 0 Å². The van der Waals surface area contributed by atoms with Gasteiger partial charge in [0, 0.05) is 6.42 Å². The summed E-state index contributed by atoms with van der Waals surface area (Å²) < 4.78 is 0. The van der Waals surface area contributed by atoms with Crippen LogP contribution in [-0.4, -0.2) is 48.4 Å². The summed E-state index contributed by atoms with van der Waals surface area (Å²) >= 11 is 0. The van der Waals surface area contributed by atoms with E-state index in [0.29, 0.717) is 0 Å². The summed E-state index contributed by atoms with van der Waals surface area (Å²) in [5, 5.41) is 4.58. The summed E-state index contributed by atoms with van der Waals surface area (Å²) in [7, 11) is 0. The van der Waals surface area contributed by atoms with Crippen molar-refractivity contribution in [1.29, 1.82) is 0 Å². The highest BCUT2D eigenvalue weighted by Gasteiger charge is 2.22. The lowest BCUT2D eigenvalue weighted by Crippen LogP contribution is -2.43. The molecule has 0 N–H and O–H groups in total. The van der Waals surface area contributed by atoms with E-state index in [4.69, 9.17) is 0 Å². The third kappa shape index (κ3) is 5.98. The van der Waals surface area contributed by atoms with Crippen LogP contribution in [0.3, 0.4) is 0 Å². The Morgan fingerprint density at radius 2 is 1.55 bits per heavy atom. The molecule has 0 radical (unpaired) electrons. The van der Waals surface area contributed by atoms with Gasteiger partial charge in [-0.2, -0.15) is 0 Å². The van der Waals surface area contributed by atoms with Gasteiger partial charge in [0.15, 0.2) is 0 Å². The molecular weight excluding hydrogens is 272 g/mol. The number of rotatable bonds is 12. The van der Waals surface area contributed by atoms with E-state index in [-0.39, 0.29) is 0 Å². The molecule has 0 atom stereocenters. The molecule has 2 aliphatic heterocycles. The molecule has 2 rings (SSSR count). The molecule has 0 bridgehead atoms. The van der Waals surface area contributed by atoms with Gasteiger partial charge in [0.1, 0.15) is 12.2 Å². The Labute approximate surface area is 136 Å². The van der Waals surface area contributed by atoms with Gasteiger partial charge >= 0.3 is 0 Å². The predicted molar refractivity (Wildman–Crippen MR) is 95.5 cm³/mol. The fourth-order valence-corrected chi connectivity index (χ4v) is 3.29. The second kappa shape index (κ2) is 10.6. The van der Waals surface area contributed by atoms with Gasteiger partial charge in [0.05, 0.1) is 26.2 Å². The predicted octanol–water partition coefficient (Wildman–Crippen LogP) is 4.27. The van der Waals surface area contributed by atoms with Crippen LogP contribution in [-0.2, 0) is 0 Å². The molecule has 0 aliphatic carbocycles. The third-order valence-electron chi connectivity index (χ3n) is 4.64. The van der Waals surface area contributed by atoms with Gasteiger partial charge in [-0.05, 0) is 6.42 Å². The zero-order valence-corrected chi connectivity index (χ0v) is 14.5. The Balaban J connectivity index is 1.45. The van der Waals surface area contributed by atoms with Crippen molar-refractivity contribution in [2.24, 2.45) is 9.98 Å². The van der Waals surface area contributed by atoms with Crippen LogP contribution in [0.2, 0.25) is 0 Å². The summed E-state index contributed by atoms with van der Waals surface area (Å²) in [5.41, 5.74) is 0. The van der Waals surface area contributed by atoms with Crippen molar-refractivity contribution in [3.63, 3.8) is 0 Å². The molecule has 0 saturated heterocycles. The molecule has 0 unspecified atom stereocenters. The first kappa shape index (κ1) is 17.3. The van der Waals surface area contributed by atoms with E-state index >= 15 is 0 Å². The van der Waals surface area contributed by atoms with Crippen molar-refractivity contribution in [2.45, 2.75) is 77.6 Å². The highest BCUT2D eigenvalue weighted by atomic mass is 15.7. The van der Waals surface area contributed by atoms with Crippen LogP contribution in [0.4, 0.5) is 0 Å². The van der Waals surface area contributed by atoms with E-state index in [9.17, 15) is 0 Å². The topological polar surface area (TPSA) is 31.2 Å². The lowest BCUT2D eigenvalue weighted by atomic mass is 10.1. The van der Waals surface area contributed by atoms with E-state index in [0.717, 1.165) is 32.6 Å². The van der Waals surface area contributed by atoms with Gasteiger partial charge in [-0.15, -0.1) is 0 Å². The first-order valence-electron chi connectivity index (χ1n) is 9.49. The molecule has 0 aromatic rings. The maximum Gasteiger partial charge on any atom is 0.118 e. The minimum Gasteiger partial charge on any atom is -0.272 e. The Bertz CT molecular complexity index is 351. The second-order valence-electron chi connectivity index (χ2n) is 6.54. The zero-order chi connectivity index (χ0) is 15.5. The van der Waals surface area contributed by atoms with Gasteiger partial charge in [0.2, 0.25) is 0 Å². The molecule has 2 aliphatic rings. The Hall–Kier alpha value is -1.06. The third-order valence-corrected chi connectivity index (χ3v) is 4.64. The normalized spacial score (nSPS) is 17.6. The Morgan fingerprint density at radius 1 is 0.864 bits per heavy atom. The minimum atomic E-state index is 0.933. The molecule has 0 fully saturated rings. The molecule has 0 saturated carbocycles. The monoisotopic (exact) mass is 306 g/mol. The number of nitrogens with zero attached hydrogens (tertiary/aromatic N) is 4. The molecule has 0 spiro atoms. The number of hydrogen-bond donors (Lipinski definition) is 0. The van der Waals surface area contributed by atoms with Gasteiger partial charge in [-0.1, -0.05) is 64.7 Å². The SMILES string of the molecule is CCCCCCCCCCCCC1=NCCN1N1C=NCC1. The first-order chi connectivity index (χ1) is 10.9. The molecule has 2 heterocycles. The molecule has 4 nitrogen and oxygen atoms in total. The van der Waals surface area contributed by atoms with Gasteiger partial charge < -0.3 is 0 Å². The van der Waals surface area contributed by atoms with Crippen LogP contribution in [0.25, 0.3) is 0 Å². The Morgan fingerprint density at radius 3 is 2.18 bits per heavy atom. The van der Waals surface area contributed by atoms with E-state index in [1.54, 1.807) is 0 Å². The number of hydrazine groups is 1. The molecule has 0 aromatic carbocycles. The standard InChI is InChI=1S/C18H34N4/c1-2-3-4-5-6-7-8-9-10-11-12-18-20-14-16-22(18)21-15-13-19-17-21/h17H,2-16H2,1H3. The van der Waals surface area contributed by atoms with E-state index in [1.807, 2.05) is 6.34 Å². The zero-order valence-electron chi connectivity index (χ0n) is 14.5. The molecular formula is C18H34N4. The van der Waals surface area contributed by atoms with Crippen molar-refractivity contribution in [2.75, 3.05) is 26.2 Å². The fourth-order valence-electron chi connectivity index (χ4n) is 3.29. The second-order valence-corrected chi connectivity index (χ2v) is 6.54. The maximum atomic E-state index is 4.68. The van der Waals surface area contributed by atoms with E-state index in [1.165, 1.54) is 70.0 Å². The van der Waals surface area contributed by atoms with Gasteiger partial charge in [-0.3, -0.25) is 20.0 Å². The van der Waals surface area contributed by atoms with Crippen molar-refractivity contribution in [1.82, 2.24) is 10.0 Å². The molecule has 4 heteroatoms. The number of amidine groups is 1. The summed E-state index contributed by atoms with van der Waals surface area (Å²) in [6.45, 7) is 6.24. The lowest BCUT2D eigenvalue weighted by Gasteiger charge is -2.29. The summed E-state index contributed by atoms with van der Waals surface area (Å²) in [4.78, 5) is 8.98. The van der Waals surface area contributed by atoms with Crippen molar-refractivity contribution in [3.8, 4) is 0 Å². The molecule has 126 valence electrons. The van der Waals surface area contributed by atoms with Crippen LogP contribution in [0.15, 0.2) is 9.98 Å². The number of aliphatic imine (C=N–C) groups is 2. The van der Waals surface area contributed by atoms with Gasteiger partial charge in [0.25, 0.3) is 0 Å². The van der Waals surface area contributed by atoms with Gasteiger partial charge in [-0.25, -0.2) is 0 Å². The van der Waals surface area contributed by atoms with Crippen molar-refractivity contribution >= 4 is 12.2 Å². The van der Waals surface area contributed by atoms with Crippen LogP contribution in [0.5, 0.6) is 0 Å². The van der Waals surface area contributed by atoms with E-state index in [2.05, 4.69) is 26.9 Å². The first-order valence-corrected chi connectivity index (χ1v) is 9.49. The number of hydrogen-bond acceptors (Lipinski definition) is 4. The average Bonchev–Trinajstić information content (AvgIpc) is 3.19.